The van der Waals surface area contributed by atoms with Gasteiger partial charge in [-0.15, -0.1) is 0 Å². The quantitative estimate of drug-likeness (QED) is 0.871. The summed E-state index contributed by atoms with van der Waals surface area (Å²) < 4.78 is 2.22. The number of aryl methyl sites for hydroxylation is 1. The third-order valence-corrected chi connectivity index (χ3v) is 4.08. The number of nitrogens with zero attached hydrogens (tertiary/aromatic N) is 2. The van der Waals surface area contributed by atoms with Gasteiger partial charge in [0.05, 0.1) is 6.04 Å². The number of nitrogens with two attached hydrogens (primary N) is 1. The maximum Gasteiger partial charge on any atom is 0.125 e. The van der Waals surface area contributed by atoms with E-state index < -0.39 is 0 Å². The van der Waals surface area contributed by atoms with Crippen LogP contribution in [0.1, 0.15) is 57.8 Å². The fourth-order valence-corrected chi connectivity index (χ4v) is 2.90. The Bertz CT molecular complexity index is 337. The van der Waals surface area contributed by atoms with Crippen LogP contribution in [0.15, 0.2) is 12.4 Å². The van der Waals surface area contributed by atoms with Gasteiger partial charge in [-0.25, -0.2) is 4.98 Å². The van der Waals surface area contributed by atoms with Gasteiger partial charge in [0.25, 0.3) is 0 Å². The standard InChI is InChI=1S/C14H25N3/c1-3-9-17-10-8-16-14(17)13(15)12-6-4-11(2)5-7-12/h8,10-13H,3-7,9,15H2,1-2H3. The van der Waals surface area contributed by atoms with Crippen LogP contribution in [-0.2, 0) is 6.54 Å². The summed E-state index contributed by atoms with van der Waals surface area (Å²) in [6.45, 7) is 5.57. The van der Waals surface area contributed by atoms with E-state index in [1.807, 2.05) is 6.20 Å². The minimum atomic E-state index is 0.129. The smallest absolute Gasteiger partial charge is 0.125 e. The Balaban J connectivity index is 2.03. The number of hydrogen-bond donors (Lipinski definition) is 1. The second-order valence-corrected chi connectivity index (χ2v) is 5.52. The van der Waals surface area contributed by atoms with Crippen LogP contribution < -0.4 is 5.73 Å². The molecule has 2 N–H and O–H groups in total. The van der Waals surface area contributed by atoms with E-state index in [4.69, 9.17) is 5.73 Å². The first-order chi connectivity index (χ1) is 8.22. The molecule has 0 spiro atoms. The highest BCUT2D eigenvalue weighted by atomic mass is 15.1. The van der Waals surface area contributed by atoms with Crippen molar-refractivity contribution in [3.8, 4) is 0 Å². The summed E-state index contributed by atoms with van der Waals surface area (Å²) in [4.78, 5) is 4.47. The second kappa shape index (κ2) is 5.67. The SMILES string of the molecule is CCCn1ccnc1C(N)C1CCC(C)CC1. The van der Waals surface area contributed by atoms with Gasteiger partial charge in [-0.3, -0.25) is 0 Å². The lowest BCUT2D eigenvalue weighted by Gasteiger charge is -2.30. The largest absolute Gasteiger partial charge is 0.334 e. The Kier molecular flexibility index (Phi) is 4.21. The van der Waals surface area contributed by atoms with Crippen molar-refractivity contribution >= 4 is 0 Å². The first-order valence-electron chi connectivity index (χ1n) is 6.99. The van der Waals surface area contributed by atoms with E-state index in [1.54, 1.807) is 0 Å². The highest BCUT2D eigenvalue weighted by Crippen LogP contribution is 2.34. The summed E-state index contributed by atoms with van der Waals surface area (Å²) in [5.74, 6) is 2.60. The third-order valence-electron chi connectivity index (χ3n) is 4.08. The molecule has 1 aromatic rings. The van der Waals surface area contributed by atoms with Crippen LogP contribution in [0.25, 0.3) is 0 Å². The normalized spacial score (nSPS) is 27.0. The van der Waals surface area contributed by atoms with E-state index in [1.165, 1.54) is 25.7 Å². The molecule has 1 fully saturated rings. The van der Waals surface area contributed by atoms with Crippen molar-refractivity contribution in [3.05, 3.63) is 18.2 Å². The van der Waals surface area contributed by atoms with Gasteiger partial charge < -0.3 is 10.3 Å². The average Bonchev–Trinajstić information content (AvgIpc) is 2.78. The van der Waals surface area contributed by atoms with Crippen LogP contribution in [-0.4, -0.2) is 9.55 Å². The lowest BCUT2D eigenvalue weighted by molar-refractivity contribution is 0.248. The highest BCUT2D eigenvalue weighted by Gasteiger charge is 2.26. The first kappa shape index (κ1) is 12.6. The zero-order valence-electron chi connectivity index (χ0n) is 11.1. The van der Waals surface area contributed by atoms with Gasteiger partial charge in [-0.2, -0.15) is 0 Å². The molecule has 0 aromatic carbocycles. The zero-order chi connectivity index (χ0) is 12.3. The molecular weight excluding hydrogens is 210 g/mol. The molecule has 1 saturated carbocycles. The van der Waals surface area contributed by atoms with Crippen molar-refractivity contribution in [3.63, 3.8) is 0 Å². The van der Waals surface area contributed by atoms with Gasteiger partial charge in [0.15, 0.2) is 0 Å². The van der Waals surface area contributed by atoms with Gasteiger partial charge in [-0.05, 0) is 31.1 Å². The van der Waals surface area contributed by atoms with Crippen molar-refractivity contribution < 1.29 is 0 Å². The molecule has 2 rings (SSSR count). The van der Waals surface area contributed by atoms with E-state index in [0.717, 1.165) is 24.7 Å². The van der Waals surface area contributed by atoms with Gasteiger partial charge >= 0.3 is 0 Å². The van der Waals surface area contributed by atoms with Crippen LogP contribution in [0, 0.1) is 11.8 Å². The lowest BCUT2D eigenvalue weighted by atomic mass is 9.79. The van der Waals surface area contributed by atoms with Crippen LogP contribution in [0.4, 0.5) is 0 Å². The molecule has 0 radical (unpaired) electrons. The van der Waals surface area contributed by atoms with Gasteiger partial charge in [0.2, 0.25) is 0 Å². The van der Waals surface area contributed by atoms with E-state index in [9.17, 15) is 0 Å². The average molecular weight is 235 g/mol. The first-order valence-corrected chi connectivity index (χ1v) is 6.99. The van der Waals surface area contributed by atoms with Crippen LogP contribution >= 0.6 is 0 Å². The van der Waals surface area contributed by atoms with Crippen LogP contribution in [0.5, 0.6) is 0 Å². The summed E-state index contributed by atoms with van der Waals surface area (Å²) in [7, 11) is 0. The van der Waals surface area contributed by atoms with Crippen molar-refractivity contribution in [2.75, 3.05) is 0 Å². The molecule has 1 atom stereocenters. The number of rotatable bonds is 4. The Labute approximate surface area is 104 Å². The summed E-state index contributed by atoms with van der Waals surface area (Å²) in [5, 5.41) is 0. The minimum Gasteiger partial charge on any atom is -0.334 e. The molecule has 96 valence electrons. The lowest BCUT2D eigenvalue weighted by Crippen LogP contribution is -2.28. The number of hydrogen-bond acceptors (Lipinski definition) is 2. The molecule has 3 heteroatoms. The van der Waals surface area contributed by atoms with Gasteiger partial charge in [-0.1, -0.05) is 26.7 Å². The fraction of sp³-hybridized carbons (Fsp3) is 0.786. The molecule has 1 unspecified atom stereocenters. The summed E-state index contributed by atoms with van der Waals surface area (Å²) in [5.41, 5.74) is 6.41. The molecule has 1 aromatic heterocycles. The summed E-state index contributed by atoms with van der Waals surface area (Å²) in [6, 6.07) is 0.129. The molecule has 0 bridgehead atoms. The van der Waals surface area contributed by atoms with Gasteiger partial charge in [0.1, 0.15) is 5.82 Å². The third kappa shape index (κ3) is 2.89. The topological polar surface area (TPSA) is 43.8 Å². The minimum absolute atomic E-state index is 0.129. The van der Waals surface area contributed by atoms with E-state index in [2.05, 4.69) is 29.6 Å². The maximum absolute atomic E-state index is 6.41. The van der Waals surface area contributed by atoms with Crippen LogP contribution in [0.3, 0.4) is 0 Å². The molecular formula is C14H25N3. The van der Waals surface area contributed by atoms with Crippen molar-refractivity contribution in [1.29, 1.82) is 0 Å². The zero-order valence-corrected chi connectivity index (χ0v) is 11.1. The molecule has 3 nitrogen and oxygen atoms in total. The maximum atomic E-state index is 6.41. The van der Waals surface area contributed by atoms with Crippen LogP contribution in [0.2, 0.25) is 0 Å². The van der Waals surface area contributed by atoms with E-state index in [-0.39, 0.29) is 6.04 Å². The van der Waals surface area contributed by atoms with Crippen molar-refractivity contribution in [2.45, 2.75) is 58.5 Å². The van der Waals surface area contributed by atoms with E-state index in [0.29, 0.717) is 5.92 Å². The number of imidazole rings is 1. The molecule has 1 heterocycles. The molecule has 1 aliphatic carbocycles. The molecule has 1 aliphatic rings. The predicted molar refractivity (Wildman–Crippen MR) is 70.6 cm³/mol. The van der Waals surface area contributed by atoms with Gasteiger partial charge in [0, 0.05) is 18.9 Å². The monoisotopic (exact) mass is 235 g/mol. The molecule has 17 heavy (non-hydrogen) atoms. The van der Waals surface area contributed by atoms with Crippen molar-refractivity contribution in [2.24, 2.45) is 17.6 Å². The molecule has 0 amide bonds. The Hall–Kier alpha value is -0.830. The number of aromatic nitrogens is 2. The highest BCUT2D eigenvalue weighted by molar-refractivity contribution is 5.01. The second-order valence-electron chi connectivity index (χ2n) is 5.52. The Morgan fingerprint density at radius 2 is 2.12 bits per heavy atom. The molecule has 0 aliphatic heterocycles. The fourth-order valence-electron chi connectivity index (χ4n) is 2.90. The summed E-state index contributed by atoms with van der Waals surface area (Å²) in [6.07, 6.45) is 10.3. The predicted octanol–water partition coefficient (Wildman–Crippen LogP) is 3.12. The molecule has 0 saturated heterocycles. The van der Waals surface area contributed by atoms with Crippen molar-refractivity contribution in [1.82, 2.24) is 9.55 Å². The Morgan fingerprint density at radius 3 is 2.76 bits per heavy atom. The van der Waals surface area contributed by atoms with E-state index >= 15 is 0 Å². The summed E-state index contributed by atoms with van der Waals surface area (Å²) >= 11 is 0. The Morgan fingerprint density at radius 1 is 1.41 bits per heavy atom.